The van der Waals surface area contributed by atoms with Crippen molar-refractivity contribution >= 4 is 17.7 Å². The molecule has 34 heavy (non-hydrogen) atoms. The summed E-state index contributed by atoms with van der Waals surface area (Å²) in [4.78, 5) is 16.4. The zero-order valence-corrected chi connectivity index (χ0v) is 17.8. The maximum atomic E-state index is 14.8. The topological polar surface area (TPSA) is 84.2 Å². The van der Waals surface area contributed by atoms with Crippen LogP contribution in [0.25, 0.3) is 0 Å². The molecular weight excluding hydrogens is 449 g/mol. The van der Waals surface area contributed by atoms with Crippen LogP contribution in [0.15, 0.2) is 77.2 Å². The van der Waals surface area contributed by atoms with Crippen molar-refractivity contribution in [1.29, 1.82) is 5.26 Å². The van der Waals surface area contributed by atoms with Crippen LogP contribution in [0.2, 0.25) is 0 Å². The van der Waals surface area contributed by atoms with Crippen LogP contribution in [0.3, 0.4) is 0 Å². The molecule has 0 aliphatic carbocycles. The molecule has 0 aromatic heterocycles. The molecule has 1 N–H and O–H groups in total. The highest BCUT2D eigenvalue weighted by Gasteiger charge is 2.65. The Morgan fingerprint density at radius 1 is 1.03 bits per heavy atom. The van der Waals surface area contributed by atoms with Gasteiger partial charge in [0, 0.05) is 13.1 Å². The average Bonchev–Trinajstić information content (AvgIpc) is 3.26. The third-order valence-corrected chi connectivity index (χ3v) is 5.94. The number of hydrazone groups is 1. The largest absolute Gasteiger partial charge is 0.421 e. The second-order valence-electron chi connectivity index (χ2n) is 7.84. The number of nitrogens with zero attached hydrogens (tertiary/aromatic N) is 5. The summed E-state index contributed by atoms with van der Waals surface area (Å²) in [6, 6.07) is 16.2. The zero-order chi connectivity index (χ0) is 23.9. The first-order chi connectivity index (χ1) is 16.4. The van der Waals surface area contributed by atoms with E-state index in [4.69, 9.17) is 4.74 Å². The van der Waals surface area contributed by atoms with Crippen molar-refractivity contribution in [3.05, 3.63) is 77.6 Å². The Hall–Kier alpha value is -4.04. The highest BCUT2D eigenvalue weighted by Crippen LogP contribution is 2.49. The number of hydrogen-bond acceptors (Lipinski definition) is 6. The van der Waals surface area contributed by atoms with E-state index in [0.717, 1.165) is 5.01 Å². The van der Waals surface area contributed by atoms with Crippen molar-refractivity contribution < 1.29 is 22.7 Å². The molecule has 8 nitrogen and oxygen atoms in total. The number of carbonyl (C=O) groups is 1. The van der Waals surface area contributed by atoms with E-state index in [0.29, 0.717) is 32.0 Å². The lowest BCUT2D eigenvalue weighted by Crippen LogP contribution is -2.63. The molecule has 2 aromatic carbocycles. The molecule has 2 aromatic rings. The smallest absolute Gasteiger partial charge is 0.378 e. The number of amides is 2. The summed E-state index contributed by atoms with van der Waals surface area (Å²) < 4.78 is 49.9. The van der Waals surface area contributed by atoms with Gasteiger partial charge in [0.05, 0.1) is 18.9 Å². The van der Waals surface area contributed by atoms with Crippen LogP contribution < -0.4 is 10.2 Å². The number of fused-ring (bicyclic) bond motifs is 1. The van der Waals surface area contributed by atoms with Crippen LogP contribution in [0.4, 0.5) is 23.7 Å². The van der Waals surface area contributed by atoms with Crippen molar-refractivity contribution in [3.8, 4) is 6.07 Å². The molecule has 1 atom stereocenters. The number of urea groups is 1. The predicted molar refractivity (Wildman–Crippen MR) is 116 cm³/mol. The molecule has 1 saturated heterocycles. The van der Waals surface area contributed by atoms with Crippen LogP contribution in [0.5, 0.6) is 0 Å². The highest BCUT2D eigenvalue weighted by atomic mass is 19.4. The van der Waals surface area contributed by atoms with Gasteiger partial charge in [0.2, 0.25) is 11.5 Å². The van der Waals surface area contributed by atoms with Crippen LogP contribution in [-0.4, -0.2) is 54.4 Å². The highest BCUT2D eigenvalue weighted by molar-refractivity contribution is 6.04. The monoisotopic (exact) mass is 468 g/mol. The molecule has 0 radical (unpaired) electrons. The number of para-hydroxylation sites is 1. The number of anilines is 1. The molecular formula is C23H19F3N6O2. The second kappa shape index (κ2) is 8.07. The molecule has 3 aliphatic rings. The normalized spacial score (nSPS) is 22.8. The lowest BCUT2D eigenvalue weighted by molar-refractivity contribution is -0.186. The number of ether oxygens (including phenoxy) is 1. The predicted octanol–water partition coefficient (Wildman–Crippen LogP) is 3.33. The number of halogens is 3. The van der Waals surface area contributed by atoms with Gasteiger partial charge in [-0.2, -0.15) is 23.4 Å². The number of benzene rings is 2. The van der Waals surface area contributed by atoms with E-state index in [2.05, 4.69) is 10.4 Å². The summed E-state index contributed by atoms with van der Waals surface area (Å²) in [6.07, 6.45) is -5.02. The molecule has 5 rings (SSSR count). The summed E-state index contributed by atoms with van der Waals surface area (Å²) in [6.45, 7) is 1.65. The van der Waals surface area contributed by atoms with Gasteiger partial charge in [-0.25, -0.2) is 4.79 Å². The quantitative estimate of drug-likeness (QED) is 0.731. The first-order valence-corrected chi connectivity index (χ1v) is 10.5. The number of morpholine rings is 1. The molecule has 0 unspecified atom stereocenters. The Labute approximate surface area is 193 Å². The van der Waals surface area contributed by atoms with E-state index in [1.54, 1.807) is 42.5 Å². The number of nitrogens with one attached hydrogen (secondary N) is 1. The first-order valence-electron chi connectivity index (χ1n) is 10.5. The Kier molecular flexibility index (Phi) is 5.17. The fraction of sp³-hybridized carbons (Fsp3) is 0.261. The van der Waals surface area contributed by atoms with Crippen molar-refractivity contribution in [2.24, 2.45) is 5.10 Å². The molecule has 3 aliphatic heterocycles. The maximum absolute atomic E-state index is 14.8. The molecule has 0 saturated carbocycles. The number of carbonyl (C=O) groups excluding carboxylic acids is 1. The summed E-state index contributed by atoms with van der Waals surface area (Å²) >= 11 is 0. The molecule has 174 valence electrons. The molecule has 11 heteroatoms. The summed E-state index contributed by atoms with van der Waals surface area (Å²) in [5.41, 5.74) is -3.53. The first kappa shape index (κ1) is 21.8. The number of nitriles is 1. The zero-order valence-electron chi connectivity index (χ0n) is 17.8. The van der Waals surface area contributed by atoms with E-state index < -0.39 is 23.3 Å². The minimum Gasteiger partial charge on any atom is -0.378 e. The second-order valence-corrected chi connectivity index (χ2v) is 7.84. The van der Waals surface area contributed by atoms with Gasteiger partial charge < -0.3 is 15.0 Å². The van der Waals surface area contributed by atoms with Gasteiger partial charge in [-0.05, 0) is 17.7 Å². The minimum absolute atomic E-state index is 0.249. The van der Waals surface area contributed by atoms with Crippen LogP contribution >= 0.6 is 0 Å². The molecule has 0 spiro atoms. The number of alkyl halides is 3. The maximum Gasteiger partial charge on any atom is 0.421 e. The van der Waals surface area contributed by atoms with Gasteiger partial charge in [0.25, 0.3) is 0 Å². The van der Waals surface area contributed by atoms with Gasteiger partial charge in [0.15, 0.2) is 5.82 Å². The van der Waals surface area contributed by atoms with Crippen molar-refractivity contribution in [2.75, 3.05) is 31.2 Å². The van der Waals surface area contributed by atoms with Crippen molar-refractivity contribution in [1.82, 2.24) is 15.2 Å². The lowest BCUT2D eigenvalue weighted by Gasteiger charge is -2.42. The van der Waals surface area contributed by atoms with Crippen molar-refractivity contribution in [3.63, 3.8) is 0 Å². The molecule has 2 amide bonds. The average molecular weight is 468 g/mol. The summed E-state index contributed by atoms with van der Waals surface area (Å²) in [7, 11) is 0. The summed E-state index contributed by atoms with van der Waals surface area (Å²) in [5.74, 6) is -0.00134. The molecule has 1 fully saturated rings. The molecule has 3 heterocycles. The third kappa shape index (κ3) is 3.18. The Balaban J connectivity index is 1.79. The van der Waals surface area contributed by atoms with Crippen LogP contribution in [0, 0.1) is 11.3 Å². The summed E-state index contributed by atoms with van der Waals surface area (Å²) in [5, 5.41) is 17.4. The minimum atomic E-state index is -5.02. The Morgan fingerprint density at radius 2 is 1.65 bits per heavy atom. The fourth-order valence-electron chi connectivity index (χ4n) is 4.37. The van der Waals surface area contributed by atoms with Gasteiger partial charge in [-0.3, -0.25) is 4.90 Å². The number of hydrogen-bond donors (Lipinski definition) is 1. The van der Waals surface area contributed by atoms with Gasteiger partial charge in [-0.15, -0.1) is 5.10 Å². The fourth-order valence-corrected chi connectivity index (χ4v) is 4.37. The van der Waals surface area contributed by atoms with E-state index in [-0.39, 0.29) is 17.3 Å². The third-order valence-electron chi connectivity index (χ3n) is 5.94. The van der Waals surface area contributed by atoms with Gasteiger partial charge in [0.1, 0.15) is 11.6 Å². The van der Waals surface area contributed by atoms with E-state index in [1.807, 2.05) is 4.90 Å². The van der Waals surface area contributed by atoms with E-state index >= 15 is 0 Å². The Morgan fingerprint density at radius 3 is 2.24 bits per heavy atom. The van der Waals surface area contributed by atoms with Crippen LogP contribution in [-0.2, 0) is 10.3 Å². The van der Waals surface area contributed by atoms with E-state index in [1.165, 1.54) is 29.2 Å². The van der Waals surface area contributed by atoms with E-state index in [9.17, 15) is 23.2 Å². The SMILES string of the molecule is N#CC1=C2N(N=C(N3CCOCC3)N2c2ccccc2)C(=O)N[C@@]1(c1ccccc1)C(F)(F)F. The van der Waals surface area contributed by atoms with Crippen molar-refractivity contribution in [2.45, 2.75) is 11.7 Å². The van der Waals surface area contributed by atoms with Gasteiger partial charge in [-0.1, -0.05) is 48.5 Å². The lowest BCUT2D eigenvalue weighted by atomic mass is 9.80. The number of guanidine groups is 1. The number of rotatable bonds is 2. The van der Waals surface area contributed by atoms with Gasteiger partial charge >= 0.3 is 12.2 Å². The molecule has 0 bridgehead atoms. The standard InChI is InChI=1S/C23H19F3N6O2/c24-23(25,26)22(16-7-3-1-4-8-16)18(15-27)19-31(17-9-5-2-6-10-17)20(29-32(19)21(33)28-22)30-11-13-34-14-12-30/h1-10H,11-14H2,(H,28,33)/t22-/m1/s1. The Bertz CT molecular complexity index is 1200. The van der Waals surface area contributed by atoms with Crippen LogP contribution in [0.1, 0.15) is 5.56 Å².